The minimum absolute atomic E-state index is 0.173. The van der Waals surface area contributed by atoms with E-state index < -0.39 is 0 Å². The highest BCUT2D eigenvalue weighted by atomic mass is 16.2. The molecule has 0 spiro atoms. The second kappa shape index (κ2) is 6.22. The molecule has 0 fully saturated rings. The maximum Gasteiger partial charge on any atom is 0.275 e. The number of aliphatic imine (C=N–C) groups is 1. The minimum atomic E-state index is -0.173. The lowest BCUT2D eigenvalue weighted by atomic mass is 10.1. The number of nitrogens with one attached hydrogen (secondary N) is 1. The zero-order valence-electron chi connectivity index (χ0n) is 12.3. The van der Waals surface area contributed by atoms with Gasteiger partial charge >= 0.3 is 0 Å². The van der Waals surface area contributed by atoms with E-state index in [-0.39, 0.29) is 5.91 Å². The molecule has 3 rings (SSSR count). The van der Waals surface area contributed by atoms with Crippen molar-refractivity contribution in [2.45, 2.75) is 6.92 Å². The molecule has 1 N–H and O–H groups in total. The van der Waals surface area contributed by atoms with E-state index in [0.717, 1.165) is 11.1 Å². The molecule has 2 aromatic rings. The van der Waals surface area contributed by atoms with Gasteiger partial charge in [-0.2, -0.15) is 0 Å². The van der Waals surface area contributed by atoms with E-state index in [4.69, 9.17) is 0 Å². The van der Waals surface area contributed by atoms with Gasteiger partial charge in [0.15, 0.2) is 0 Å². The third-order valence-corrected chi connectivity index (χ3v) is 3.36. The van der Waals surface area contributed by atoms with Gasteiger partial charge in [0.2, 0.25) is 0 Å². The number of nitrogens with zero attached hydrogens (tertiary/aromatic N) is 1. The standard InChI is InChI=1S/C19H16N2O/c1-14-10-12-16(13-11-14)18-20-17(19(22)21-18)9-5-8-15-6-3-2-4-7-15/h2-13H,1H3,(H,20,21,22)/b8-5+,17-9+. The summed E-state index contributed by atoms with van der Waals surface area (Å²) in [6.45, 7) is 2.03. The Hall–Kier alpha value is -2.94. The van der Waals surface area contributed by atoms with E-state index in [0.29, 0.717) is 11.5 Å². The molecule has 0 aromatic heterocycles. The molecule has 22 heavy (non-hydrogen) atoms. The second-order valence-electron chi connectivity index (χ2n) is 5.10. The summed E-state index contributed by atoms with van der Waals surface area (Å²) in [6, 6.07) is 17.8. The summed E-state index contributed by atoms with van der Waals surface area (Å²) < 4.78 is 0. The fourth-order valence-corrected chi connectivity index (χ4v) is 2.15. The van der Waals surface area contributed by atoms with Crippen LogP contribution in [0.5, 0.6) is 0 Å². The summed E-state index contributed by atoms with van der Waals surface area (Å²) in [5.41, 5.74) is 3.59. The molecule has 1 heterocycles. The van der Waals surface area contributed by atoms with Gasteiger partial charge in [0, 0.05) is 5.56 Å². The van der Waals surface area contributed by atoms with Crippen LogP contribution in [0.3, 0.4) is 0 Å². The van der Waals surface area contributed by atoms with Gasteiger partial charge < -0.3 is 5.32 Å². The molecule has 0 saturated heterocycles. The van der Waals surface area contributed by atoms with Crippen molar-refractivity contribution in [2.24, 2.45) is 4.99 Å². The molecule has 0 aliphatic carbocycles. The van der Waals surface area contributed by atoms with Crippen molar-refractivity contribution >= 4 is 17.8 Å². The number of carbonyl (C=O) groups excluding carboxylic acids is 1. The number of amidine groups is 1. The lowest BCUT2D eigenvalue weighted by molar-refractivity contribution is -0.115. The Labute approximate surface area is 129 Å². The van der Waals surface area contributed by atoms with Gasteiger partial charge in [0.1, 0.15) is 11.5 Å². The van der Waals surface area contributed by atoms with Crippen LogP contribution in [0.2, 0.25) is 0 Å². The number of allylic oxidation sites excluding steroid dienone is 2. The van der Waals surface area contributed by atoms with Crippen LogP contribution < -0.4 is 5.32 Å². The van der Waals surface area contributed by atoms with Crippen LogP contribution in [-0.4, -0.2) is 11.7 Å². The second-order valence-corrected chi connectivity index (χ2v) is 5.10. The molecule has 2 aromatic carbocycles. The lowest BCUT2D eigenvalue weighted by Crippen LogP contribution is -2.24. The largest absolute Gasteiger partial charge is 0.305 e. The highest BCUT2D eigenvalue weighted by Gasteiger charge is 2.20. The molecule has 0 bridgehead atoms. The Morgan fingerprint density at radius 1 is 1.00 bits per heavy atom. The van der Waals surface area contributed by atoms with E-state index >= 15 is 0 Å². The Morgan fingerprint density at radius 2 is 1.73 bits per heavy atom. The molecule has 0 unspecified atom stereocenters. The third kappa shape index (κ3) is 3.20. The number of aryl methyl sites for hydroxylation is 1. The molecule has 1 amide bonds. The maximum atomic E-state index is 11.9. The van der Waals surface area contributed by atoms with Crippen LogP contribution >= 0.6 is 0 Å². The van der Waals surface area contributed by atoms with Gasteiger partial charge in [-0.25, -0.2) is 4.99 Å². The Morgan fingerprint density at radius 3 is 2.45 bits per heavy atom. The Kier molecular flexibility index (Phi) is 3.97. The molecular weight excluding hydrogens is 272 g/mol. The van der Waals surface area contributed by atoms with E-state index in [9.17, 15) is 4.79 Å². The summed E-state index contributed by atoms with van der Waals surface area (Å²) in [6.07, 6.45) is 5.51. The van der Waals surface area contributed by atoms with Gasteiger partial charge in [-0.15, -0.1) is 0 Å². The summed E-state index contributed by atoms with van der Waals surface area (Å²) in [4.78, 5) is 16.3. The van der Waals surface area contributed by atoms with Crippen LogP contribution in [0.25, 0.3) is 6.08 Å². The van der Waals surface area contributed by atoms with Crippen LogP contribution in [-0.2, 0) is 4.79 Å². The third-order valence-electron chi connectivity index (χ3n) is 3.36. The molecule has 108 valence electrons. The van der Waals surface area contributed by atoms with E-state index in [1.807, 2.05) is 73.7 Å². The van der Waals surface area contributed by atoms with Crippen LogP contribution in [0.15, 0.2) is 77.4 Å². The van der Waals surface area contributed by atoms with E-state index in [1.165, 1.54) is 5.56 Å². The highest BCUT2D eigenvalue weighted by Crippen LogP contribution is 2.12. The number of carbonyl (C=O) groups is 1. The summed E-state index contributed by atoms with van der Waals surface area (Å²) in [5.74, 6) is 0.428. The van der Waals surface area contributed by atoms with Gasteiger partial charge in [0.05, 0.1) is 0 Å². The molecule has 0 radical (unpaired) electrons. The fraction of sp³-hybridized carbons (Fsp3) is 0.0526. The van der Waals surface area contributed by atoms with Gasteiger partial charge in [-0.3, -0.25) is 4.79 Å². The zero-order valence-corrected chi connectivity index (χ0v) is 12.3. The average Bonchev–Trinajstić information content (AvgIpc) is 2.90. The Balaban J connectivity index is 1.79. The SMILES string of the molecule is Cc1ccc(C2=N/C(=C/C=C/c3ccccc3)C(=O)N2)cc1. The van der Waals surface area contributed by atoms with E-state index in [1.54, 1.807) is 6.08 Å². The average molecular weight is 288 g/mol. The monoisotopic (exact) mass is 288 g/mol. The highest BCUT2D eigenvalue weighted by molar-refractivity contribution is 6.18. The number of rotatable bonds is 3. The molecule has 1 aliphatic rings. The van der Waals surface area contributed by atoms with Crippen LogP contribution in [0, 0.1) is 6.92 Å². The van der Waals surface area contributed by atoms with Gasteiger partial charge in [-0.05, 0) is 18.6 Å². The van der Waals surface area contributed by atoms with Crippen molar-refractivity contribution in [1.29, 1.82) is 0 Å². The van der Waals surface area contributed by atoms with Crippen molar-refractivity contribution in [1.82, 2.24) is 5.32 Å². The molecule has 3 nitrogen and oxygen atoms in total. The smallest absolute Gasteiger partial charge is 0.275 e. The minimum Gasteiger partial charge on any atom is -0.305 e. The van der Waals surface area contributed by atoms with Crippen molar-refractivity contribution in [2.75, 3.05) is 0 Å². The topological polar surface area (TPSA) is 41.5 Å². The van der Waals surface area contributed by atoms with Crippen LogP contribution in [0.4, 0.5) is 0 Å². The van der Waals surface area contributed by atoms with Gasteiger partial charge in [-0.1, -0.05) is 72.3 Å². The first-order chi connectivity index (χ1) is 10.7. The van der Waals surface area contributed by atoms with Crippen molar-refractivity contribution in [3.8, 4) is 0 Å². The number of amides is 1. The van der Waals surface area contributed by atoms with Crippen molar-refractivity contribution in [3.05, 3.63) is 89.1 Å². The molecule has 3 heteroatoms. The fourth-order valence-electron chi connectivity index (χ4n) is 2.15. The summed E-state index contributed by atoms with van der Waals surface area (Å²) in [7, 11) is 0. The normalized spacial score (nSPS) is 16.1. The summed E-state index contributed by atoms with van der Waals surface area (Å²) in [5, 5.41) is 2.80. The van der Waals surface area contributed by atoms with Crippen molar-refractivity contribution in [3.63, 3.8) is 0 Å². The number of hydrogen-bond acceptors (Lipinski definition) is 2. The Bertz CT molecular complexity index is 769. The molecule has 0 atom stereocenters. The predicted octanol–water partition coefficient (Wildman–Crippen LogP) is 3.47. The first kappa shape index (κ1) is 14.0. The molecular formula is C19H16N2O. The van der Waals surface area contributed by atoms with Crippen molar-refractivity contribution < 1.29 is 4.79 Å². The molecule has 0 saturated carbocycles. The first-order valence-electron chi connectivity index (χ1n) is 7.13. The zero-order chi connectivity index (χ0) is 15.4. The quantitative estimate of drug-likeness (QED) is 0.863. The van der Waals surface area contributed by atoms with E-state index in [2.05, 4.69) is 10.3 Å². The molecule has 1 aliphatic heterocycles. The van der Waals surface area contributed by atoms with Gasteiger partial charge in [0.25, 0.3) is 5.91 Å². The first-order valence-corrected chi connectivity index (χ1v) is 7.13. The lowest BCUT2D eigenvalue weighted by Gasteiger charge is -2.00. The predicted molar refractivity (Wildman–Crippen MR) is 89.4 cm³/mol. The summed E-state index contributed by atoms with van der Waals surface area (Å²) >= 11 is 0. The number of hydrogen-bond donors (Lipinski definition) is 1. The van der Waals surface area contributed by atoms with Crippen LogP contribution in [0.1, 0.15) is 16.7 Å². The maximum absolute atomic E-state index is 11.9. The number of benzene rings is 2.